The average Bonchev–Trinajstić information content (AvgIpc) is 2.16. The van der Waals surface area contributed by atoms with Gasteiger partial charge in [-0.05, 0) is 37.0 Å². The molecule has 1 aliphatic carbocycles. The fourth-order valence-electron chi connectivity index (χ4n) is 2.34. The van der Waals surface area contributed by atoms with Gasteiger partial charge in [0.05, 0.1) is 5.92 Å². The van der Waals surface area contributed by atoms with Gasteiger partial charge < -0.3 is 4.74 Å². The van der Waals surface area contributed by atoms with Crippen molar-refractivity contribution in [1.29, 1.82) is 0 Å². The first kappa shape index (κ1) is 13.5. The first-order valence-corrected chi connectivity index (χ1v) is 6.51. The van der Waals surface area contributed by atoms with Crippen LogP contribution < -0.4 is 0 Å². The molecule has 2 atom stereocenters. The Labute approximate surface area is 99.8 Å². The van der Waals surface area contributed by atoms with Crippen LogP contribution in [0.25, 0.3) is 0 Å². The van der Waals surface area contributed by atoms with Crippen molar-refractivity contribution in [3.63, 3.8) is 0 Å². The lowest BCUT2D eigenvalue weighted by Gasteiger charge is -2.37. The van der Waals surface area contributed by atoms with Crippen molar-refractivity contribution in [2.75, 3.05) is 0 Å². The van der Waals surface area contributed by atoms with Gasteiger partial charge in [-0.15, -0.1) is 0 Å². The molecule has 1 fully saturated rings. The molecule has 0 aromatic heterocycles. The zero-order chi connectivity index (χ0) is 12.3. The molecule has 0 unspecified atom stereocenters. The smallest absolute Gasteiger partial charge is 0.308 e. The maximum absolute atomic E-state index is 11.5. The second-order valence-corrected chi connectivity index (χ2v) is 6.44. The second kappa shape index (κ2) is 5.20. The van der Waals surface area contributed by atoms with Crippen molar-refractivity contribution >= 4 is 5.97 Å². The minimum Gasteiger partial charge on any atom is -0.462 e. The summed E-state index contributed by atoms with van der Waals surface area (Å²) in [5.41, 5.74) is 0.336. The lowest BCUT2D eigenvalue weighted by atomic mass is 9.71. The fourth-order valence-corrected chi connectivity index (χ4v) is 2.34. The molecule has 0 aromatic carbocycles. The topological polar surface area (TPSA) is 26.3 Å². The van der Waals surface area contributed by atoms with Crippen LogP contribution >= 0.6 is 0 Å². The van der Waals surface area contributed by atoms with Gasteiger partial charge in [-0.25, -0.2) is 0 Å². The van der Waals surface area contributed by atoms with Gasteiger partial charge in [-0.3, -0.25) is 4.79 Å². The van der Waals surface area contributed by atoms with Crippen LogP contribution in [0.15, 0.2) is 0 Å². The lowest BCUT2D eigenvalue weighted by Crippen LogP contribution is -2.32. The van der Waals surface area contributed by atoms with E-state index in [-0.39, 0.29) is 18.0 Å². The molecule has 0 saturated heterocycles. The Hall–Kier alpha value is -0.530. The molecule has 2 heteroatoms. The third-order valence-corrected chi connectivity index (χ3v) is 3.61. The van der Waals surface area contributed by atoms with E-state index >= 15 is 0 Å². The number of esters is 1. The molecule has 2 nitrogen and oxygen atoms in total. The van der Waals surface area contributed by atoms with Crippen LogP contribution in [0.5, 0.6) is 0 Å². The summed E-state index contributed by atoms with van der Waals surface area (Å²) in [7, 11) is 0. The lowest BCUT2D eigenvalue weighted by molar-refractivity contribution is -0.155. The maximum Gasteiger partial charge on any atom is 0.308 e. The summed E-state index contributed by atoms with van der Waals surface area (Å²) in [6.07, 6.45) is 4.72. The largest absolute Gasteiger partial charge is 0.462 e. The van der Waals surface area contributed by atoms with Gasteiger partial charge >= 0.3 is 5.97 Å². The molecule has 1 rings (SSSR count). The van der Waals surface area contributed by atoms with Crippen LogP contribution in [0.3, 0.4) is 0 Å². The van der Waals surface area contributed by atoms with E-state index in [4.69, 9.17) is 4.74 Å². The predicted molar refractivity (Wildman–Crippen MR) is 66.1 cm³/mol. The number of carbonyl (C=O) groups is 1. The maximum atomic E-state index is 11.5. The summed E-state index contributed by atoms with van der Waals surface area (Å²) < 4.78 is 5.54. The fraction of sp³-hybridized carbons (Fsp3) is 0.929. The second-order valence-electron chi connectivity index (χ2n) is 6.44. The normalized spacial score (nSPS) is 26.9. The van der Waals surface area contributed by atoms with Gasteiger partial charge in [0, 0.05) is 0 Å². The molecule has 94 valence electrons. The Morgan fingerprint density at radius 3 is 2.38 bits per heavy atom. The first-order chi connectivity index (χ1) is 7.30. The third kappa shape index (κ3) is 3.80. The van der Waals surface area contributed by atoms with Gasteiger partial charge in [0.25, 0.3) is 0 Å². The minimum absolute atomic E-state index is 0.00462. The van der Waals surface area contributed by atoms with Crippen LogP contribution in [0.1, 0.15) is 60.3 Å². The summed E-state index contributed by atoms with van der Waals surface area (Å²) in [4.78, 5) is 11.5. The summed E-state index contributed by atoms with van der Waals surface area (Å²) >= 11 is 0. The molecule has 1 saturated carbocycles. The molecule has 1 aliphatic rings. The molecule has 0 radical (unpaired) electrons. The van der Waals surface area contributed by atoms with Crippen molar-refractivity contribution < 1.29 is 9.53 Å². The number of carbonyl (C=O) groups excluding carboxylic acids is 1. The quantitative estimate of drug-likeness (QED) is 0.670. The number of rotatable bonds is 2. The van der Waals surface area contributed by atoms with Crippen molar-refractivity contribution in [3.05, 3.63) is 0 Å². The van der Waals surface area contributed by atoms with Crippen LogP contribution in [-0.4, -0.2) is 12.1 Å². The van der Waals surface area contributed by atoms with E-state index < -0.39 is 0 Å². The van der Waals surface area contributed by atoms with E-state index in [9.17, 15) is 4.79 Å². The molecule has 0 aromatic rings. The van der Waals surface area contributed by atoms with Gasteiger partial charge in [-0.1, -0.05) is 34.6 Å². The van der Waals surface area contributed by atoms with Gasteiger partial charge in [0.15, 0.2) is 0 Å². The van der Waals surface area contributed by atoms with Crippen LogP contribution in [0.2, 0.25) is 0 Å². The molecule has 16 heavy (non-hydrogen) atoms. The standard InChI is InChI=1S/C14H26O2/c1-10(2)13(15)16-12-8-6-7-11(9-12)14(3,4)5/h10-12H,6-9H2,1-5H3/t11-,12-/m0/s1. The molecular formula is C14H26O2. The molecule has 0 spiro atoms. The van der Waals surface area contributed by atoms with Gasteiger partial charge in [-0.2, -0.15) is 0 Å². The van der Waals surface area contributed by atoms with E-state index in [2.05, 4.69) is 20.8 Å². The summed E-state index contributed by atoms with van der Waals surface area (Å²) in [5.74, 6) is 0.640. The van der Waals surface area contributed by atoms with Gasteiger partial charge in [0.2, 0.25) is 0 Å². The summed E-state index contributed by atoms with van der Waals surface area (Å²) in [6.45, 7) is 10.6. The van der Waals surface area contributed by atoms with Crippen molar-refractivity contribution in [2.45, 2.75) is 66.4 Å². The van der Waals surface area contributed by atoms with Crippen molar-refractivity contribution in [1.82, 2.24) is 0 Å². The molecule has 0 aliphatic heterocycles. The van der Waals surface area contributed by atoms with E-state index in [1.54, 1.807) is 0 Å². The number of ether oxygens (including phenoxy) is 1. The summed E-state index contributed by atoms with van der Waals surface area (Å²) in [5, 5.41) is 0. The highest BCUT2D eigenvalue weighted by Gasteiger charge is 2.32. The average molecular weight is 226 g/mol. The molecule has 0 heterocycles. The Balaban J connectivity index is 2.48. The Morgan fingerprint density at radius 1 is 1.25 bits per heavy atom. The van der Waals surface area contributed by atoms with E-state index in [0.29, 0.717) is 11.3 Å². The van der Waals surface area contributed by atoms with E-state index in [1.807, 2.05) is 13.8 Å². The van der Waals surface area contributed by atoms with Crippen molar-refractivity contribution in [3.8, 4) is 0 Å². The number of hydrogen-bond donors (Lipinski definition) is 0. The number of hydrogen-bond acceptors (Lipinski definition) is 2. The SMILES string of the molecule is CC(C)C(=O)O[C@H]1CCC[C@H](C(C)(C)C)C1. The molecule has 0 amide bonds. The summed E-state index contributed by atoms with van der Waals surface area (Å²) in [6, 6.07) is 0. The third-order valence-electron chi connectivity index (χ3n) is 3.61. The molecule has 0 N–H and O–H groups in total. The Bertz CT molecular complexity index is 238. The Kier molecular flexibility index (Phi) is 4.40. The zero-order valence-electron chi connectivity index (χ0n) is 11.4. The molecule has 0 bridgehead atoms. The van der Waals surface area contributed by atoms with Crippen LogP contribution in [0, 0.1) is 17.3 Å². The van der Waals surface area contributed by atoms with Crippen LogP contribution in [0.4, 0.5) is 0 Å². The Morgan fingerprint density at radius 2 is 1.88 bits per heavy atom. The van der Waals surface area contributed by atoms with Gasteiger partial charge in [0.1, 0.15) is 6.10 Å². The predicted octanol–water partition coefficient (Wildman–Crippen LogP) is 3.79. The van der Waals surface area contributed by atoms with Crippen molar-refractivity contribution in [2.24, 2.45) is 17.3 Å². The highest BCUT2D eigenvalue weighted by atomic mass is 16.5. The first-order valence-electron chi connectivity index (χ1n) is 6.51. The van der Waals surface area contributed by atoms with Crippen LogP contribution in [-0.2, 0) is 9.53 Å². The monoisotopic (exact) mass is 226 g/mol. The highest BCUT2D eigenvalue weighted by molar-refractivity contribution is 5.71. The minimum atomic E-state index is -0.0421. The highest BCUT2D eigenvalue weighted by Crippen LogP contribution is 2.38. The van der Waals surface area contributed by atoms with E-state index in [0.717, 1.165) is 12.8 Å². The molecular weight excluding hydrogens is 200 g/mol. The zero-order valence-corrected chi connectivity index (χ0v) is 11.4. The van der Waals surface area contributed by atoms with E-state index in [1.165, 1.54) is 12.8 Å².